The van der Waals surface area contributed by atoms with Crippen LogP contribution in [0.4, 0.5) is 0 Å². The summed E-state index contributed by atoms with van der Waals surface area (Å²) in [7, 11) is 0. The van der Waals surface area contributed by atoms with Crippen molar-refractivity contribution in [2.45, 2.75) is 26.9 Å². The van der Waals surface area contributed by atoms with Crippen molar-refractivity contribution in [1.82, 2.24) is 0 Å². The van der Waals surface area contributed by atoms with E-state index in [1.807, 2.05) is 45.2 Å². The van der Waals surface area contributed by atoms with E-state index in [0.717, 1.165) is 5.69 Å². The van der Waals surface area contributed by atoms with Crippen LogP contribution in [0.5, 0.6) is 0 Å². The molecule has 1 aromatic rings. The molecule has 0 aliphatic heterocycles. The standard InChI is InChI=1S/C9H14NO/c1-8(2)11-10-7-5-4-6-9(10)3/h4-8H,1-3H3/q+1. The second kappa shape index (κ2) is 3.37. The van der Waals surface area contributed by atoms with Crippen LogP contribution in [0, 0.1) is 6.92 Å². The fourth-order valence-corrected chi connectivity index (χ4v) is 0.859. The van der Waals surface area contributed by atoms with E-state index in [4.69, 9.17) is 4.84 Å². The largest absolute Gasteiger partial charge is 0.269 e. The van der Waals surface area contributed by atoms with Crippen molar-refractivity contribution in [3.63, 3.8) is 0 Å². The Morgan fingerprint density at radius 3 is 2.64 bits per heavy atom. The molecule has 0 amide bonds. The highest BCUT2D eigenvalue weighted by Gasteiger charge is 2.06. The van der Waals surface area contributed by atoms with Gasteiger partial charge in [-0.05, 0) is 19.9 Å². The van der Waals surface area contributed by atoms with E-state index >= 15 is 0 Å². The third-order valence-corrected chi connectivity index (χ3v) is 1.34. The molecule has 0 aliphatic rings. The molecule has 0 aliphatic carbocycles. The number of pyridine rings is 1. The van der Waals surface area contributed by atoms with E-state index in [9.17, 15) is 0 Å². The predicted octanol–water partition coefficient (Wildman–Crippen LogP) is 1.12. The van der Waals surface area contributed by atoms with Gasteiger partial charge in [0, 0.05) is 23.8 Å². The minimum Gasteiger partial charge on any atom is -0.269 e. The average Bonchev–Trinajstić information content (AvgIpc) is 1.93. The van der Waals surface area contributed by atoms with Crippen LogP contribution in [0.2, 0.25) is 0 Å². The van der Waals surface area contributed by atoms with E-state index in [1.165, 1.54) is 0 Å². The Labute approximate surface area is 67.4 Å². The molecule has 60 valence electrons. The molecule has 0 atom stereocenters. The van der Waals surface area contributed by atoms with Crippen molar-refractivity contribution in [3.05, 3.63) is 30.1 Å². The predicted molar refractivity (Wildman–Crippen MR) is 43.1 cm³/mol. The molecule has 0 fully saturated rings. The van der Waals surface area contributed by atoms with Crippen LogP contribution in [0.1, 0.15) is 19.5 Å². The summed E-state index contributed by atoms with van der Waals surface area (Å²) in [5.41, 5.74) is 1.11. The van der Waals surface area contributed by atoms with E-state index < -0.39 is 0 Å². The van der Waals surface area contributed by atoms with Crippen molar-refractivity contribution in [3.8, 4) is 0 Å². The number of aromatic nitrogens is 1. The van der Waals surface area contributed by atoms with Gasteiger partial charge < -0.3 is 0 Å². The van der Waals surface area contributed by atoms with Crippen molar-refractivity contribution in [2.24, 2.45) is 0 Å². The van der Waals surface area contributed by atoms with Gasteiger partial charge in [0.25, 0.3) is 0 Å². The summed E-state index contributed by atoms with van der Waals surface area (Å²) >= 11 is 0. The second-order valence-electron chi connectivity index (χ2n) is 2.82. The van der Waals surface area contributed by atoms with Gasteiger partial charge in [0.1, 0.15) is 0 Å². The molecule has 0 spiro atoms. The number of rotatable bonds is 2. The first-order valence-corrected chi connectivity index (χ1v) is 3.84. The topological polar surface area (TPSA) is 13.1 Å². The maximum Gasteiger partial charge on any atom is 0.231 e. The molecular formula is C9H14NO+. The zero-order chi connectivity index (χ0) is 8.27. The Bertz CT molecular complexity index is 233. The summed E-state index contributed by atoms with van der Waals surface area (Å²) in [6.07, 6.45) is 2.14. The van der Waals surface area contributed by atoms with Gasteiger partial charge in [-0.25, -0.2) is 0 Å². The van der Waals surface area contributed by atoms with Crippen molar-refractivity contribution in [2.75, 3.05) is 0 Å². The molecule has 1 heterocycles. The lowest BCUT2D eigenvalue weighted by Crippen LogP contribution is -2.47. The molecule has 0 saturated heterocycles. The summed E-state index contributed by atoms with van der Waals surface area (Å²) in [4.78, 5) is 5.46. The smallest absolute Gasteiger partial charge is 0.231 e. The van der Waals surface area contributed by atoms with Gasteiger partial charge >= 0.3 is 0 Å². The average molecular weight is 152 g/mol. The van der Waals surface area contributed by atoms with Crippen LogP contribution < -0.4 is 9.57 Å². The van der Waals surface area contributed by atoms with Crippen LogP contribution in [-0.2, 0) is 0 Å². The van der Waals surface area contributed by atoms with Crippen LogP contribution in [0.25, 0.3) is 0 Å². The zero-order valence-corrected chi connectivity index (χ0v) is 7.24. The number of nitrogens with zero attached hydrogens (tertiary/aromatic N) is 1. The normalized spacial score (nSPS) is 10.2. The molecule has 0 bridgehead atoms. The van der Waals surface area contributed by atoms with Crippen molar-refractivity contribution >= 4 is 0 Å². The van der Waals surface area contributed by atoms with E-state index in [2.05, 4.69) is 0 Å². The number of hydrogen-bond acceptors (Lipinski definition) is 1. The van der Waals surface area contributed by atoms with Crippen LogP contribution in [0.15, 0.2) is 24.4 Å². The fourth-order valence-electron chi connectivity index (χ4n) is 0.859. The molecule has 2 nitrogen and oxygen atoms in total. The molecule has 0 saturated carbocycles. The lowest BCUT2D eigenvalue weighted by Gasteiger charge is -2.01. The third kappa shape index (κ3) is 2.22. The molecule has 0 aromatic carbocycles. The summed E-state index contributed by atoms with van der Waals surface area (Å²) in [6.45, 7) is 6.04. The van der Waals surface area contributed by atoms with Crippen molar-refractivity contribution in [1.29, 1.82) is 0 Å². The Balaban J connectivity index is 2.78. The molecular weight excluding hydrogens is 138 g/mol. The highest BCUT2D eigenvalue weighted by Crippen LogP contribution is 1.86. The highest BCUT2D eigenvalue weighted by atomic mass is 16.7. The summed E-state index contributed by atoms with van der Waals surface area (Å²) in [5, 5.41) is 0. The Kier molecular flexibility index (Phi) is 2.47. The Morgan fingerprint density at radius 1 is 1.36 bits per heavy atom. The third-order valence-electron chi connectivity index (χ3n) is 1.34. The maximum absolute atomic E-state index is 5.46. The van der Waals surface area contributed by atoms with Crippen LogP contribution in [-0.4, -0.2) is 6.10 Å². The fraction of sp³-hybridized carbons (Fsp3) is 0.444. The molecule has 0 N–H and O–H groups in total. The molecule has 1 aromatic heterocycles. The molecule has 0 radical (unpaired) electrons. The molecule has 11 heavy (non-hydrogen) atoms. The number of hydrogen-bond donors (Lipinski definition) is 0. The first-order chi connectivity index (χ1) is 5.20. The minimum atomic E-state index is 0.223. The minimum absolute atomic E-state index is 0.223. The summed E-state index contributed by atoms with van der Waals surface area (Å²) < 4.78 is 1.78. The number of aryl methyl sites for hydroxylation is 1. The first-order valence-electron chi connectivity index (χ1n) is 3.84. The van der Waals surface area contributed by atoms with E-state index in [1.54, 1.807) is 4.73 Å². The van der Waals surface area contributed by atoms with Gasteiger partial charge in [0.15, 0.2) is 6.10 Å². The zero-order valence-electron chi connectivity index (χ0n) is 7.24. The summed E-state index contributed by atoms with van der Waals surface area (Å²) in [6, 6.07) is 5.97. The highest BCUT2D eigenvalue weighted by molar-refractivity contribution is 4.93. The lowest BCUT2D eigenvalue weighted by atomic mass is 10.4. The monoisotopic (exact) mass is 152 g/mol. The van der Waals surface area contributed by atoms with E-state index in [0.29, 0.717) is 0 Å². The van der Waals surface area contributed by atoms with Crippen LogP contribution in [0.3, 0.4) is 0 Å². The lowest BCUT2D eigenvalue weighted by molar-refractivity contribution is -0.901. The van der Waals surface area contributed by atoms with Gasteiger partial charge in [0.05, 0.1) is 0 Å². The first kappa shape index (κ1) is 8.05. The Hall–Kier alpha value is -1.05. The quantitative estimate of drug-likeness (QED) is 0.579. The van der Waals surface area contributed by atoms with Gasteiger partial charge in [-0.15, -0.1) is 0 Å². The molecule has 2 heteroatoms. The van der Waals surface area contributed by atoms with Gasteiger partial charge in [-0.3, -0.25) is 4.84 Å². The molecule has 0 unspecified atom stereocenters. The Morgan fingerprint density at radius 2 is 2.09 bits per heavy atom. The van der Waals surface area contributed by atoms with Gasteiger partial charge in [0.2, 0.25) is 11.9 Å². The van der Waals surface area contributed by atoms with E-state index in [-0.39, 0.29) is 6.10 Å². The van der Waals surface area contributed by atoms with Gasteiger partial charge in [-0.2, -0.15) is 0 Å². The van der Waals surface area contributed by atoms with Gasteiger partial charge in [-0.1, -0.05) is 0 Å². The SMILES string of the molecule is Cc1cccc[n+]1OC(C)C. The maximum atomic E-state index is 5.46. The summed E-state index contributed by atoms with van der Waals surface area (Å²) in [5.74, 6) is 0. The van der Waals surface area contributed by atoms with Crippen molar-refractivity contribution < 1.29 is 9.57 Å². The van der Waals surface area contributed by atoms with Crippen LogP contribution >= 0.6 is 0 Å². The second-order valence-corrected chi connectivity index (χ2v) is 2.82. The molecule has 1 rings (SSSR count).